The van der Waals surface area contributed by atoms with E-state index in [-0.39, 0.29) is 17.3 Å². The molecule has 0 amide bonds. The third-order valence-corrected chi connectivity index (χ3v) is 4.82. The van der Waals surface area contributed by atoms with Crippen molar-refractivity contribution in [2.24, 2.45) is 11.3 Å². The summed E-state index contributed by atoms with van der Waals surface area (Å²) in [6.07, 6.45) is 6.30. The number of nitrogens with zero attached hydrogens (tertiary/aromatic N) is 1. The molecule has 1 aliphatic carbocycles. The van der Waals surface area contributed by atoms with Crippen LogP contribution >= 0.6 is 0 Å². The molecule has 1 heterocycles. The summed E-state index contributed by atoms with van der Waals surface area (Å²) < 4.78 is 0. The van der Waals surface area contributed by atoms with Crippen molar-refractivity contribution in [2.45, 2.75) is 39.0 Å². The molecule has 0 bridgehead atoms. The molecule has 1 saturated carbocycles. The second-order valence-corrected chi connectivity index (χ2v) is 6.90. The topological polar surface area (TPSA) is 50.2 Å². The van der Waals surface area contributed by atoms with Gasteiger partial charge in [-0.25, -0.2) is 0 Å². The molecule has 2 atom stereocenters. The summed E-state index contributed by atoms with van der Waals surface area (Å²) in [5.41, 5.74) is 1.36. The van der Waals surface area contributed by atoms with Gasteiger partial charge in [0, 0.05) is 17.8 Å². The monoisotopic (exact) mass is 283 g/mol. The maximum Gasteiger partial charge on any atom is 0.307 e. The van der Waals surface area contributed by atoms with Crippen LogP contribution in [0.25, 0.3) is 10.8 Å². The van der Waals surface area contributed by atoms with Crippen LogP contribution < -0.4 is 0 Å². The molecule has 3 rings (SSSR count). The Bertz CT molecular complexity index is 672. The van der Waals surface area contributed by atoms with E-state index in [0.29, 0.717) is 0 Å². The summed E-state index contributed by atoms with van der Waals surface area (Å²) in [5.74, 6) is -0.865. The first kappa shape index (κ1) is 14.1. The van der Waals surface area contributed by atoms with Gasteiger partial charge in [-0.15, -0.1) is 0 Å². The molecule has 1 aromatic carbocycles. The Morgan fingerprint density at radius 2 is 2.14 bits per heavy atom. The van der Waals surface area contributed by atoms with E-state index in [9.17, 15) is 9.90 Å². The standard InChI is InChI=1S/C18H21NO2/c1-18(2)8-6-15(17(20)21)16(10-18)14-5-3-4-12-11-19-9-7-13(12)14/h3-5,7,9,11,15-16H,6,8,10H2,1-2H3,(H,20,21). The number of carboxylic acids is 1. The number of aliphatic carboxylic acids is 1. The van der Waals surface area contributed by atoms with Gasteiger partial charge in [0.2, 0.25) is 0 Å². The Balaban J connectivity index is 2.11. The van der Waals surface area contributed by atoms with Gasteiger partial charge >= 0.3 is 5.97 Å². The van der Waals surface area contributed by atoms with E-state index in [1.165, 1.54) is 0 Å². The molecular formula is C18H21NO2. The molecule has 1 fully saturated rings. The van der Waals surface area contributed by atoms with Crippen molar-refractivity contribution < 1.29 is 9.90 Å². The second-order valence-electron chi connectivity index (χ2n) is 6.90. The highest BCUT2D eigenvalue weighted by Gasteiger charge is 2.39. The van der Waals surface area contributed by atoms with E-state index in [0.717, 1.165) is 35.6 Å². The van der Waals surface area contributed by atoms with Gasteiger partial charge in [0.05, 0.1) is 5.92 Å². The van der Waals surface area contributed by atoms with Crippen LogP contribution in [0.3, 0.4) is 0 Å². The molecule has 1 aromatic heterocycles. The highest BCUT2D eigenvalue weighted by Crippen LogP contribution is 2.48. The van der Waals surface area contributed by atoms with Gasteiger partial charge in [0.15, 0.2) is 0 Å². The Hall–Kier alpha value is -1.90. The van der Waals surface area contributed by atoms with Gasteiger partial charge in [-0.05, 0) is 47.6 Å². The first-order chi connectivity index (χ1) is 9.98. The molecule has 3 heteroatoms. The molecule has 3 nitrogen and oxygen atoms in total. The van der Waals surface area contributed by atoms with Crippen LogP contribution in [0.5, 0.6) is 0 Å². The second kappa shape index (κ2) is 5.14. The first-order valence-electron chi connectivity index (χ1n) is 7.53. The lowest BCUT2D eigenvalue weighted by molar-refractivity contribution is -0.144. The molecule has 0 spiro atoms. The van der Waals surface area contributed by atoms with Crippen LogP contribution in [0.2, 0.25) is 0 Å². The number of benzene rings is 1. The normalized spacial score (nSPS) is 24.9. The summed E-state index contributed by atoms with van der Waals surface area (Å²) in [6, 6.07) is 8.14. The fourth-order valence-electron chi connectivity index (χ4n) is 3.68. The van der Waals surface area contributed by atoms with E-state index in [1.54, 1.807) is 6.20 Å². The van der Waals surface area contributed by atoms with Crippen LogP contribution in [-0.2, 0) is 4.79 Å². The zero-order valence-corrected chi connectivity index (χ0v) is 12.5. The number of hydrogen-bond donors (Lipinski definition) is 1. The van der Waals surface area contributed by atoms with Crippen LogP contribution in [-0.4, -0.2) is 16.1 Å². The highest BCUT2D eigenvalue weighted by atomic mass is 16.4. The SMILES string of the molecule is CC1(C)CCC(C(=O)O)C(c2cccc3cnccc23)C1. The zero-order chi connectivity index (χ0) is 15.0. The molecule has 2 unspecified atom stereocenters. The Labute approximate surface area is 125 Å². The minimum atomic E-state index is -0.665. The van der Waals surface area contributed by atoms with Crippen molar-refractivity contribution in [3.05, 3.63) is 42.2 Å². The Kier molecular flexibility index (Phi) is 3.44. The zero-order valence-electron chi connectivity index (χ0n) is 12.5. The molecule has 0 saturated heterocycles. The molecule has 0 radical (unpaired) electrons. The number of pyridine rings is 1. The predicted molar refractivity (Wildman–Crippen MR) is 83.2 cm³/mol. The van der Waals surface area contributed by atoms with Gasteiger partial charge in [0.25, 0.3) is 0 Å². The maximum absolute atomic E-state index is 11.7. The third kappa shape index (κ3) is 2.65. The lowest BCUT2D eigenvalue weighted by Gasteiger charge is -2.39. The minimum absolute atomic E-state index is 0.0809. The summed E-state index contributed by atoms with van der Waals surface area (Å²) >= 11 is 0. The van der Waals surface area contributed by atoms with Crippen molar-refractivity contribution in [1.82, 2.24) is 4.98 Å². The molecule has 21 heavy (non-hydrogen) atoms. The molecule has 2 aromatic rings. The molecular weight excluding hydrogens is 262 g/mol. The number of hydrogen-bond acceptors (Lipinski definition) is 2. The van der Waals surface area contributed by atoms with Gasteiger partial charge in [-0.2, -0.15) is 0 Å². The number of carbonyl (C=O) groups is 1. The van der Waals surface area contributed by atoms with Crippen molar-refractivity contribution in [1.29, 1.82) is 0 Å². The molecule has 1 aliphatic rings. The van der Waals surface area contributed by atoms with E-state index in [2.05, 4.69) is 24.9 Å². The average Bonchev–Trinajstić information content (AvgIpc) is 2.45. The van der Waals surface area contributed by atoms with E-state index < -0.39 is 5.97 Å². The minimum Gasteiger partial charge on any atom is -0.481 e. The molecule has 0 aliphatic heterocycles. The Morgan fingerprint density at radius 3 is 2.90 bits per heavy atom. The molecule has 110 valence electrons. The van der Waals surface area contributed by atoms with Crippen LogP contribution in [0, 0.1) is 11.3 Å². The van der Waals surface area contributed by atoms with Crippen LogP contribution in [0.4, 0.5) is 0 Å². The van der Waals surface area contributed by atoms with E-state index in [4.69, 9.17) is 0 Å². The quantitative estimate of drug-likeness (QED) is 0.897. The first-order valence-corrected chi connectivity index (χ1v) is 7.53. The van der Waals surface area contributed by atoms with Crippen LogP contribution in [0.15, 0.2) is 36.7 Å². The average molecular weight is 283 g/mol. The van der Waals surface area contributed by atoms with Crippen molar-refractivity contribution in [3.8, 4) is 0 Å². The summed E-state index contributed by atoms with van der Waals surface area (Å²) in [4.78, 5) is 15.8. The van der Waals surface area contributed by atoms with Crippen molar-refractivity contribution in [3.63, 3.8) is 0 Å². The lowest BCUT2D eigenvalue weighted by Crippen LogP contribution is -2.33. The third-order valence-electron chi connectivity index (χ3n) is 4.82. The largest absolute Gasteiger partial charge is 0.481 e. The summed E-state index contributed by atoms with van der Waals surface area (Å²) in [5, 5.41) is 11.8. The smallest absolute Gasteiger partial charge is 0.307 e. The van der Waals surface area contributed by atoms with Gasteiger partial charge in [-0.1, -0.05) is 32.0 Å². The maximum atomic E-state index is 11.7. The van der Waals surface area contributed by atoms with E-state index in [1.807, 2.05) is 24.4 Å². The van der Waals surface area contributed by atoms with Gasteiger partial charge < -0.3 is 5.11 Å². The van der Waals surface area contributed by atoms with Gasteiger partial charge in [-0.3, -0.25) is 9.78 Å². The molecule has 1 N–H and O–H groups in total. The fraction of sp³-hybridized carbons (Fsp3) is 0.444. The van der Waals surface area contributed by atoms with Crippen LogP contribution in [0.1, 0.15) is 44.6 Å². The number of carboxylic acid groups (broad SMARTS) is 1. The van der Waals surface area contributed by atoms with E-state index >= 15 is 0 Å². The summed E-state index contributed by atoms with van der Waals surface area (Å²) in [6.45, 7) is 4.48. The Morgan fingerprint density at radius 1 is 1.33 bits per heavy atom. The lowest BCUT2D eigenvalue weighted by atomic mass is 9.64. The van der Waals surface area contributed by atoms with Gasteiger partial charge in [0.1, 0.15) is 0 Å². The highest BCUT2D eigenvalue weighted by molar-refractivity contribution is 5.86. The predicted octanol–water partition coefficient (Wildman–Crippen LogP) is 4.23. The fourth-order valence-corrected chi connectivity index (χ4v) is 3.68. The number of rotatable bonds is 2. The van der Waals surface area contributed by atoms with Crippen molar-refractivity contribution >= 4 is 16.7 Å². The number of aromatic nitrogens is 1. The van der Waals surface area contributed by atoms with Crippen molar-refractivity contribution in [2.75, 3.05) is 0 Å². The number of fused-ring (bicyclic) bond motifs is 1. The summed E-state index contributed by atoms with van der Waals surface area (Å²) in [7, 11) is 0.